The highest BCUT2D eigenvalue weighted by molar-refractivity contribution is 5.81. The third-order valence-corrected chi connectivity index (χ3v) is 5.97. The fraction of sp³-hybridized carbons (Fsp3) is 0.812. The molecule has 0 radical (unpaired) electrons. The summed E-state index contributed by atoms with van der Waals surface area (Å²) in [6, 6.07) is 0. The second-order valence-corrected chi connectivity index (χ2v) is 7.02. The molecule has 0 spiro atoms. The molecule has 0 amide bonds. The molecule has 2 heteroatoms. The number of carbonyl (C=O) groups is 1. The highest BCUT2D eigenvalue weighted by atomic mass is 16.6. The lowest BCUT2D eigenvalue weighted by Gasteiger charge is -2.40. The predicted octanol–water partition coefficient (Wildman–Crippen LogP) is 3.81. The molecule has 0 aromatic carbocycles. The van der Waals surface area contributed by atoms with Gasteiger partial charge in [0.15, 0.2) is 0 Å². The Balaban J connectivity index is 2.34. The van der Waals surface area contributed by atoms with E-state index < -0.39 is 0 Å². The van der Waals surface area contributed by atoms with Gasteiger partial charge in [0.05, 0.1) is 0 Å². The molecule has 0 aromatic rings. The number of fused-ring (bicyclic) bond motifs is 1. The molecule has 2 aliphatic carbocycles. The first-order valence-electron chi connectivity index (χ1n) is 7.10. The zero-order valence-electron chi connectivity index (χ0n) is 12.3. The summed E-state index contributed by atoms with van der Waals surface area (Å²) >= 11 is 0. The second-order valence-electron chi connectivity index (χ2n) is 7.02. The number of hydrogen-bond donors (Lipinski definition) is 0. The lowest BCUT2D eigenvalue weighted by atomic mass is 9.71. The van der Waals surface area contributed by atoms with E-state index in [0.29, 0.717) is 23.7 Å². The Morgan fingerprint density at radius 1 is 1.22 bits per heavy atom. The SMILES string of the molecule is C=CC(=O)OC1(C)CC(C)C2C(C)C(C)CC21C. The maximum absolute atomic E-state index is 11.6. The van der Waals surface area contributed by atoms with Crippen molar-refractivity contribution < 1.29 is 9.53 Å². The van der Waals surface area contributed by atoms with Gasteiger partial charge in [0, 0.05) is 11.5 Å². The zero-order valence-corrected chi connectivity index (χ0v) is 12.3. The lowest BCUT2D eigenvalue weighted by Crippen LogP contribution is -2.44. The molecule has 6 unspecified atom stereocenters. The summed E-state index contributed by atoms with van der Waals surface area (Å²) in [6.07, 6.45) is 3.42. The highest BCUT2D eigenvalue weighted by Crippen LogP contribution is 2.66. The first-order chi connectivity index (χ1) is 8.25. The summed E-state index contributed by atoms with van der Waals surface area (Å²) in [5, 5.41) is 0. The Hall–Kier alpha value is -0.790. The van der Waals surface area contributed by atoms with E-state index in [-0.39, 0.29) is 17.0 Å². The Bertz CT molecular complexity index is 375. The van der Waals surface area contributed by atoms with Crippen LogP contribution in [-0.2, 0) is 9.53 Å². The molecule has 2 rings (SSSR count). The maximum atomic E-state index is 11.6. The van der Waals surface area contributed by atoms with Gasteiger partial charge in [-0.05, 0) is 43.4 Å². The minimum absolute atomic E-state index is 0.115. The van der Waals surface area contributed by atoms with Crippen molar-refractivity contribution >= 4 is 5.97 Å². The minimum atomic E-state index is -0.332. The molecule has 0 aromatic heterocycles. The van der Waals surface area contributed by atoms with E-state index in [1.165, 1.54) is 6.08 Å². The van der Waals surface area contributed by atoms with Gasteiger partial charge in [-0.1, -0.05) is 34.3 Å². The van der Waals surface area contributed by atoms with Crippen molar-refractivity contribution in [3.63, 3.8) is 0 Å². The fourth-order valence-corrected chi connectivity index (χ4v) is 5.04. The van der Waals surface area contributed by atoms with Crippen molar-refractivity contribution in [2.45, 2.75) is 53.1 Å². The second kappa shape index (κ2) is 4.11. The number of hydrogen-bond acceptors (Lipinski definition) is 2. The predicted molar refractivity (Wildman–Crippen MR) is 73.0 cm³/mol. The van der Waals surface area contributed by atoms with Gasteiger partial charge in [0.1, 0.15) is 5.60 Å². The van der Waals surface area contributed by atoms with Gasteiger partial charge in [-0.25, -0.2) is 4.79 Å². The average molecular weight is 250 g/mol. The molecule has 6 atom stereocenters. The maximum Gasteiger partial charge on any atom is 0.330 e. The molecule has 2 nitrogen and oxygen atoms in total. The first-order valence-corrected chi connectivity index (χ1v) is 7.10. The van der Waals surface area contributed by atoms with Crippen LogP contribution in [0, 0.1) is 29.1 Å². The monoisotopic (exact) mass is 250 g/mol. The van der Waals surface area contributed by atoms with Crippen LogP contribution < -0.4 is 0 Å². The van der Waals surface area contributed by atoms with E-state index in [4.69, 9.17) is 4.74 Å². The summed E-state index contributed by atoms with van der Waals surface area (Å²) < 4.78 is 5.78. The number of esters is 1. The molecule has 18 heavy (non-hydrogen) atoms. The largest absolute Gasteiger partial charge is 0.456 e. The molecule has 2 aliphatic rings. The Morgan fingerprint density at radius 2 is 1.83 bits per heavy atom. The summed E-state index contributed by atoms with van der Waals surface area (Å²) in [5.41, 5.74) is -0.217. The fourth-order valence-electron chi connectivity index (χ4n) is 5.04. The van der Waals surface area contributed by atoms with Crippen LogP contribution in [0.25, 0.3) is 0 Å². The Labute approximate surface area is 111 Å². The molecular formula is C16H26O2. The normalized spacial score (nSPS) is 50.9. The zero-order chi connectivity index (χ0) is 13.7. The van der Waals surface area contributed by atoms with E-state index in [1.807, 2.05) is 0 Å². The van der Waals surface area contributed by atoms with Gasteiger partial charge < -0.3 is 4.74 Å². The Kier molecular flexibility index (Phi) is 3.11. The topological polar surface area (TPSA) is 26.3 Å². The molecule has 102 valence electrons. The lowest BCUT2D eigenvalue weighted by molar-refractivity contribution is -0.164. The van der Waals surface area contributed by atoms with Crippen LogP contribution in [0.15, 0.2) is 12.7 Å². The van der Waals surface area contributed by atoms with Crippen molar-refractivity contribution in [3.05, 3.63) is 12.7 Å². The van der Waals surface area contributed by atoms with Gasteiger partial charge in [0.25, 0.3) is 0 Å². The van der Waals surface area contributed by atoms with Crippen molar-refractivity contribution in [1.29, 1.82) is 0 Å². The van der Waals surface area contributed by atoms with E-state index in [2.05, 4.69) is 41.2 Å². The van der Waals surface area contributed by atoms with Crippen molar-refractivity contribution in [3.8, 4) is 0 Å². The summed E-state index contributed by atoms with van der Waals surface area (Å²) in [6.45, 7) is 15.0. The third kappa shape index (κ3) is 1.64. The van der Waals surface area contributed by atoms with E-state index in [1.54, 1.807) is 0 Å². The van der Waals surface area contributed by atoms with Gasteiger partial charge >= 0.3 is 5.97 Å². The minimum Gasteiger partial charge on any atom is -0.456 e. The van der Waals surface area contributed by atoms with Crippen LogP contribution in [0.2, 0.25) is 0 Å². The average Bonchev–Trinajstić information content (AvgIpc) is 2.60. The van der Waals surface area contributed by atoms with Crippen molar-refractivity contribution in [2.75, 3.05) is 0 Å². The standard InChI is InChI=1S/C16H26O2/c1-7-13(17)18-16(6)9-11(3)14-12(4)10(2)8-15(14,16)5/h7,10-12,14H,1,8-9H2,2-6H3. The van der Waals surface area contributed by atoms with Gasteiger partial charge in [-0.15, -0.1) is 0 Å². The quantitative estimate of drug-likeness (QED) is 0.550. The van der Waals surface area contributed by atoms with Crippen LogP contribution in [0.1, 0.15) is 47.5 Å². The van der Waals surface area contributed by atoms with Crippen molar-refractivity contribution in [2.24, 2.45) is 29.1 Å². The van der Waals surface area contributed by atoms with Crippen molar-refractivity contribution in [1.82, 2.24) is 0 Å². The van der Waals surface area contributed by atoms with E-state index in [0.717, 1.165) is 12.8 Å². The smallest absolute Gasteiger partial charge is 0.330 e. The van der Waals surface area contributed by atoms with E-state index >= 15 is 0 Å². The number of carbonyl (C=O) groups excluding carboxylic acids is 1. The van der Waals surface area contributed by atoms with Crippen LogP contribution in [0.3, 0.4) is 0 Å². The third-order valence-electron chi connectivity index (χ3n) is 5.97. The van der Waals surface area contributed by atoms with E-state index in [9.17, 15) is 4.79 Å². The molecular weight excluding hydrogens is 224 g/mol. The molecule has 0 aliphatic heterocycles. The first kappa shape index (κ1) is 13.6. The van der Waals surface area contributed by atoms with Crippen LogP contribution in [0.4, 0.5) is 0 Å². The van der Waals surface area contributed by atoms with Crippen LogP contribution >= 0.6 is 0 Å². The van der Waals surface area contributed by atoms with Crippen LogP contribution in [-0.4, -0.2) is 11.6 Å². The highest BCUT2D eigenvalue weighted by Gasteiger charge is 2.65. The van der Waals surface area contributed by atoms with Crippen LogP contribution in [0.5, 0.6) is 0 Å². The summed E-state index contributed by atoms with van der Waals surface area (Å²) in [7, 11) is 0. The Morgan fingerprint density at radius 3 is 2.39 bits per heavy atom. The van der Waals surface area contributed by atoms with Gasteiger partial charge in [-0.3, -0.25) is 0 Å². The molecule has 2 fully saturated rings. The van der Waals surface area contributed by atoms with Gasteiger partial charge in [0.2, 0.25) is 0 Å². The molecule has 0 bridgehead atoms. The molecule has 0 N–H and O–H groups in total. The number of ether oxygens (including phenoxy) is 1. The molecule has 2 saturated carbocycles. The molecule has 0 heterocycles. The molecule has 0 saturated heterocycles. The van der Waals surface area contributed by atoms with Gasteiger partial charge in [-0.2, -0.15) is 0 Å². The number of rotatable bonds is 2. The summed E-state index contributed by atoms with van der Waals surface area (Å²) in [5.74, 6) is 2.44. The summed E-state index contributed by atoms with van der Waals surface area (Å²) in [4.78, 5) is 11.6.